The summed E-state index contributed by atoms with van der Waals surface area (Å²) in [7, 11) is -3.06. The number of pyridine rings is 1. The van der Waals surface area contributed by atoms with E-state index in [0.717, 1.165) is 30.6 Å². The van der Waals surface area contributed by atoms with Crippen molar-refractivity contribution in [3.05, 3.63) is 29.6 Å². The van der Waals surface area contributed by atoms with Crippen LogP contribution in [0.3, 0.4) is 0 Å². The number of hydrogen-bond acceptors (Lipinski definition) is 4. The van der Waals surface area contributed by atoms with Crippen molar-refractivity contribution in [3.8, 4) is 0 Å². The zero-order valence-electron chi connectivity index (χ0n) is 10.2. The average molecular weight is 257 g/mol. The Morgan fingerprint density at radius 1 is 1.29 bits per heavy atom. The molecule has 0 amide bonds. The molecule has 5 nitrogen and oxygen atoms in total. The quantitative estimate of drug-likeness (QED) is 0.694. The molecule has 0 unspecified atom stereocenters. The fourth-order valence-corrected chi connectivity index (χ4v) is 1.90. The summed E-state index contributed by atoms with van der Waals surface area (Å²) in [5.74, 6) is 0. The number of nitrogens with one attached hydrogen (secondary N) is 2. The molecule has 1 aromatic heterocycles. The van der Waals surface area contributed by atoms with Crippen LogP contribution in [-0.2, 0) is 16.6 Å². The first kappa shape index (κ1) is 14.1. The molecular formula is C11H19N3O2S. The molecule has 0 spiro atoms. The third-order valence-corrected chi connectivity index (χ3v) is 2.88. The monoisotopic (exact) mass is 257 g/mol. The number of hydrogen-bond donors (Lipinski definition) is 2. The molecule has 0 saturated carbocycles. The van der Waals surface area contributed by atoms with Crippen LogP contribution in [0.25, 0.3) is 0 Å². The molecule has 96 valence electrons. The van der Waals surface area contributed by atoms with Crippen LogP contribution in [0.4, 0.5) is 0 Å². The van der Waals surface area contributed by atoms with Crippen molar-refractivity contribution in [1.82, 2.24) is 15.0 Å². The smallest absolute Gasteiger partial charge is 0.208 e. The largest absolute Gasteiger partial charge is 0.311 e. The maximum atomic E-state index is 10.8. The SMILES string of the molecule is Cc1cccc(CNCCCNS(C)(=O)=O)n1. The molecule has 0 fully saturated rings. The topological polar surface area (TPSA) is 71.1 Å². The summed E-state index contributed by atoms with van der Waals surface area (Å²) in [6.07, 6.45) is 1.93. The van der Waals surface area contributed by atoms with E-state index in [-0.39, 0.29) is 0 Å². The van der Waals surface area contributed by atoms with Crippen LogP contribution < -0.4 is 10.0 Å². The number of rotatable bonds is 7. The molecule has 0 aromatic carbocycles. The molecule has 1 aromatic rings. The van der Waals surface area contributed by atoms with Gasteiger partial charge in [0.2, 0.25) is 10.0 Å². The summed E-state index contributed by atoms with van der Waals surface area (Å²) in [6, 6.07) is 5.90. The fourth-order valence-electron chi connectivity index (χ4n) is 1.39. The van der Waals surface area contributed by atoms with Gasteiger partial charge in [-0.2, -0.15) is 0 Å². The number of sulfonamides is 1. The second-order valence-corrected chi connectivity index (χ2v) is 5.80. The van der Waals surface area contributed by atoms with Gasteiger partial charge in [0.15, 0.2) is 0 Å². The lowest BCUT2D eigenvalue weighted by molar-refractivity contribution is 0.578. The molecule has 0 aliphatic rings. The van der Waals surface area contributed by atoms with E-state index < -0.39 is 10.0 Å². The number of aryl methyl sites for hydroxylation is 1. The van der Waals surface area contributed by atoms with Crippen LogP contribution in [0.15, 0.2) is 18.2 Å². The molecule has 6 heteroatoms. The van der Waals surface area contributed by atoms with Crippen LogP contribution in [0.5, 0.6) is 0 Å². The Labute approximate surface area is 103 Å². The van der Waals surface area contributed by atoms with Crippen LogP contribution in [0.2, 0.25) is 0 Å². The summed E-state index contributed by atoms with van der Waals surface area (Å²) in [4.78, 5) is 4.36. The van der Waals surface area contributed by atoms with Gasteiger partial charge < -0.3 is 5.32 Å². The third-order valence-electron chi connectivity index (χ3n) is 2.15. The lowest BCUT2D eigenvalue weighted by atomic mass is 10.3. The predicted molar refractivity (Wildman–Crippen MR) is 68.1 cm³/mol. The molecule has 0 aliphatic heterocycles. The van der Waals surface area contributed by atoms with Gasteiger partial charge >= 0.3 is 0 Å². The average Bonchev–Trinajstić information content (AvgIpc) is 2.22. The minimum atomic E-state index is -3.06. The predicted octanol–water partition coefficient (Wildman–Crippen LogP) is 0.419. The van der Waals surface area contributed by atoms with E-state index in [1.165, 1.54) is 0 Å². The van der Waals surface area contributed by atoms with E-state index in [1.807, 2.05) is 25.1 Å². The van der Waals surface area contributed by atoms with Crippen molar-refractivity contribution < 1.29 is 8.42 Å². The van der Waals surface area contributed by atoms with Gasteiger partial charge in [-0.15, -0.1) is 0 Å². The van der Waals surface area contributed by atoms with E-state index in [0.29, 0.717) is 13.1 Å². The van der Waals surface area contributed by atoms with Gasteiger partial charge in [0.25, 0.3) is 0 Å². The van der Waals surface area contributed by atoms with Gasteiger partial charge in [-0.05, 0) is 32.0 Å². The van der Waals surface area contributed by atoms with Crippen molar-refractivity contribution in [2.45, 2.75) is 19.9 Å². The van der Waals surface area contributed by atoms with E-state index >= 15 is 0 Å². The Morgan fingerprint density at radius 3 is 2.71 bits per heavy atom. The zero-order valence-corrected chi connectivity index (χ0v) is 11.0. The number of aromatic nitrogens is 1. The second kappa shape index (κ2) is 6.68. The maximum absolute atomic E-state index is 10.8. The first-order valence-corrected chi connectivity index (χ1v) is 7.44. The van der Waals surface area contributed by atoms with E-state index in [2.05, 4.69) is 15.0 Å². The highest BCUT2D eigenvalue weighted by Crippen LogP contribution is 1.97. The summed E-state index contributed by atoms with van der Waals surface area (Å²) >= 11 is 0. The van der Waals surface area contributed by atoms with Gasteiger partial charge in [-0.1, -0.05) is 6.07 Å². The molecule has 0 atom stereocenters. The van der Waals surface area contributed by atoms with E-state index in [4.69, 9.17) is 0 Å². The summed E-state index contributed by atoms with van der Waals surface area (Å²) < 4.78 is 24.0. The Morgan fingerprint density at radius 2 is 2.06 bits per heavy atom. The van der Waals surface area contributed by atoms with Gasteiger partial charge in [-0.25, -0.2) is 13.1 Å². The van der Waals surface area contributed by atoms with Crippen molar-refractivity contribution in [1.29, 1.82) is 0 Å². The Bertz CT molecular complexity index is 446. The summed E-state index contributed by atoms with van der Waals surface area (Å²) in [5, 5.41) is 3.22. The van der Waals surface area contributed by atoms with Crippen molar-refractivity contribution in [3.63, 3.8) is 0 Å². The Kier molecular flexibility index (Phi) is 5.54. The molecule has 1 heterocycles. The minimum absolute atomic E-state index is 0.465. The van der Waals surface area contributed by atoms with Gasteiger partial charge in [0, 0.05) is 18.8 Å². The molecule has 0 bridgehead atoms. The molecule has 0 radical (unpaired) electrons. The fraction of sp³-hybridized carbons (Fsp3) is 0.545. The van der Waals surface area contributed by atoms with Gasteiger partial charge in [-0.3, -0.25) is 4.98 Å². The van der Waals surface area contributed by atoms with Crippen molar-refractivity contribution >= 4 is 10.0 Å². The molecule has 2 N–H and O–H groups in total. The lowest BCUT2D eigenvalue weighted by Gasteiger charge is -2.05. The molecule has 0 aliphatic carbocycles. The Hall–Kier alpha value is -0.980. The molecule has 17 heavy (non-hydrogen) atoms. The standard InChI is InChI=1S/C11H19N3O2S/c1-10-5-3-6-11(14-10)9-12-7-4-8-13-17(2,15)16/h3,5-6,12-13H,4,7-9H2,1-2H3. The highest BCUT2D eigenvalue weighted by Gasteiger charge is 1.98. The van der Waals surface area contributed by atoms with Crippen molar-refractivity contribution in [2.24, 2.45) is 0 Å². The molecule has 0 saturated heterocycles. The Balaban J connectivity index is 2.13. The van der Waals surface area contributed by atoms with Crippen LogP contribution >= 0.6 is 0 Å². The molecular weight excluding hydrogens is 238 g/mol. The first-order chi connectivity index (χ1) is 7.97. The summed E-state index contributed by atoms with van der Waals surface area (Å²) in [5.41, 5.74) is 2.00. The van der Waals surface area contributed by atoms with Crippen LogP contribution in [-0.4, -0.2) is 32.7 Å². The van der Waals surface area contributed by atoms with Crippen molar-refractivity contribution in [2.75, 3.05) is 19.3 Å². The second-order valence-electron chi connectivity index (χ2n) is 3.97. The third kappa shape index (κ3) is 7.04. The van der Waals surface area contributed by atoms with Crippen LogP contribution in [0, 0.1) is 6.92 Å². The summed E-state index contributed by atoms with van der Waals surface area (Å²) in [6.45, 7) is 3.89. The van der Waals surface area contributed by atoms with Gasteiger partial charge in [0.05, 0.1) is 11.9 Å². The maximum Gasteiger partial charge on any atom is 0.208 e. The lowest BCUT2D eigenvalue weighted by Crippen LogP contribution is -2.26. The number of nitrogens with zero attached hydrogens (tertiary/aromatic N) is 1. The van der Waals surface area contributed by atoms with E-state index in [9.17, 15) is 8.42 Å². The molecule has 1 rings (SSSR count). The zero-order chi connectivity index (χ0) is 12.7. The highest BCUT2D eigenvalue weighted by molar-refractivity contribution is 7.88. The van der Waals surface area contributed by atoms with Crippen LogP contribution in [0.1, 0.15) is 17.8 Å². The first-order valence-electron chi connectivity index (χ1n) is 5.55. The highest BCUT2D eigenvalue weighted by atomic mass is 32.2. The van der Waals surface area contributed by atoms with Gasteiger partial charge in [0.1, 0.15) is 0 Å². The normalized spacial score (nSPS) is 11.6. The minimum Gasteiger partial charge on any atom is -0.311 e. The van der Waals surface area contributed by atoms with E-state index in [1.54, 1.807) is 0 Å².